The molecule has 13 heteroatoms. The molecule has 3 fully saturated rings. The van der Waals surface area contributed by atoms with Crippen LogP contribution in [0.4, 0.5) is 18.0 Å². The van der Waals surface area contributed by atoms with E-state index in [1.165, 1.54) is 4.90 Å². The number of hydrogen-bond donors (Lipinski definition) is 4. The number of hydrogen-bond acceptors (Lipinski definition) is 5. The number of likely N-dealkylation sites (tertiary alicyclic amines) is 1. The molecule has 10 nitrogen and oxygen atoms in total. The molecule has 1 aliphatic heterocycles. The minimum atomic E-state index is -4.73. The topological polar surface area (TPSA) is 151 Å². The van der Waals surface area contributed by atoms with E-state index in [2.05, 4.69) is 10.6 Å². The van der Waals surface area contributed by atoms with Crippen molar-refractivity contribution in [3.8, 4) is 0 Å². The van der Waals surface area contributed by atoms with Crippen LogP contribution < -0.4 is 21.7 Å². The third-order valence-electron chi connectivity index (χ3n) is 8.95. The summed E-state index contributed by atoms with van der Waals surface area (Å²) in [4.78, 5) is 65.8. The molecule has 3 rings (SSSR count). The fourth-order valence-electron chi connectivity index (χ4n) is 5.87. The predicted molar refractivity (Wildman–Crippen MR) is 139 cm³/mol. The van der Waals surface area contributed by atoms with E-state index in [0.29, 0.717) is 0 Å². The third-order valence-corrected chi connectivity index (χ3v) is 8.95. The molecule has 1 heterocycles. The van der Waals surface area contributed by atoms with Gasteiger partial charge in [-0.2, -0.15) is 13.2 Å². The number of urea groups is 1. The molecule has 3 aliphatic rings. The van der Waals surface area contributed by atoms with Gasteiger partial charge in [-0.25, -0.2) is 4.79 Å². The SMILES string of the molecule is CC(C)(C)C(NC(=O)NC(C)(C)C(F)(F)F)C(=O)N1C[C@H]2[C@@H]([C@H]1C(=O)NC(CC1CCC1)C(=O)C(N)=O)C2(C)C. The van der Waals surface area contributed by atoms with Crippen LogP contribution in [0.15, 0.2) is 0 Å². The molecule has 2 aliphatic carbocycles. The number of fused-ring (bicyclic) bond motifs is 1. The number of halogens is 3. The predicted octanol–water partition coefficient (Wildman–Crippen LogP) is 2.25. The summed E-state index contributed by atoms with van der Waals surface area (Å²) in [6.07, 6.45) is -1.72. The van der Waals surface area contributed by atoms with E-state index < -0.39 is 64.8 Å². The Labute approximate surface area is 232 Å². The summed E-state index contributed by atoms with van der Waals surface area (Å²) in [7, 11) is 0. The number of rotatable bonds is 9. The lowest BCUT2D eigenvalue weighted by atomic mass is 9.80. The van der Waals surface area contributed by atoms with Crippen LogP contribution in [0.1, 0.15) is 74.1 Å². The van der Waals surface area contributed by atoms with E-state index in [0.717, 1.165) is 33.1 Å². The molecule has 5 amide bonds. The van der Waals surface area contributed by atoms with Crippen molar-refractivity contribution in [2.75, 3.05) is 6.54 Å². The van der Waals surface area contributed by atoms with Crippen molar-refractivity contribution in [3.63, 3.8) is 0 Å². The van der Waals surface area contributed by atoms with Gasteiger partial charge in [0.15, 0.2) is 0 Å². The standard InChI is InChI=1S/C27H42F3N5O5/c1-24(2,3)19(33-23(40)34-26(6,7)27(28,29)30)22(39)35-12-14-16(25(14,4)5)17(35)21(38)32-15(18(36)20(31)37)11-13-9-8-10-13/h13-17,19H,8-12H2,1-7H3,(H2,31,37)(H,32,38)(H2,33,34,40)/t14-,15?,16-,17-,19?/m0/s1. The van der Waals surface area contributed by atoms with E-state index in [4.69, 9.17) is 5.73 Å². The van der Waals surface area contributed by atoms with Crippen molar-refractivity contribution in [1.29, 1.82) is 0 Å². The molecule has 40 heavy (non-hydrogen) atoms. The number of nitrogens with one attached hydrogen (secondary N) is 3. The Morgan fingerprint density at radius 2 is 1.57 bits per heavy atom. The van der Waals surface area contributed by atoms with Crippen molar-refractivity contribution in [3.05, 3.63) is 0 Å². The van der Waals surface area contributed by atoms with E-state index in [1.807, 2.05) is 19.2 Å². The number of Topliss-reactive ketones (excluding diaryl/α,β-unsaturated/α-hetero) is 1. The second-order valence-corrected chi connectivity index (χ2v) is 13.7. The van der Waals surface area contributed by atoms with Gasteiger partial charge in [0.1, 0.15) is 17.6 Å². The minimum Gasteiger partial charge on any atom is -0.363 e. The molecular weight excluding hydrogens is 531 g/mol. The summed E-state index contributed by atoms with van der Waals surface area (Å²) >= 11 is 0. The fraction of sp³-hybridized carbons (Fsp3) is 0.815. The molecule has 0 aromatic heterocycles. The van der Waals surface area contributed by atoms with Crippen molar-refractivity contribution in [1.82, 2.24) is 20.9 Å². The van der Waals surface area contributed by atoms with Gasteiger partial charge in [-0.3, -0.25) is 19.2 Å². The van der Waals surface area contributed by atoms with E-state index >= 15 is 0 Å². The van der Waals surface area contributed by atoms with Crippen molar-refractivity contribution >= 4 is 29.5 Å². The maximum absolute atomic E-state index is 13.9. The van der Waals surface area contributed by atoms with Gasteiger partial charge in [-0.15, -0.1) is 0 Å². The maximum atomic E-state index is 13.9. The van der Waals surface area contributed by atoms with Crippen LogP contribution in [0.25, 0.3) is 0 Å². The molecule has 5 atom stereocenters. The summed E-state index contributed by atoms with van der Waals surface area (Å²) in [5.74, 6) is -3.35. The summed E-state index contributed by atoms with van der Waals surface area (Å²) in [5, 5.41) is 6.96. The summed E-state index contributed by atoms with van der Waals surface area (Å²) < 4.78 is 40.0. The number of carbonyl (C=O) groups excluding carboxylic acids is 5. The molecule has 1 saturated heterocycles. The molecule has 2 unspecified atom stereocenters. The first-order valence-electron chi connectivity index (χ1n) is 13.7. The Balaban J connectivity index is 1.83. The number of amides is 5. The minimum absolute atomic E-state index is 0.0252. The highest BCUT2D eigenvalue weighted by Crippen LogP contribution is 2.65. The number of alkyl halides is 3. The first-order chi connectivity index (χ1) is 18.1. The average molecular weight is 574 g/mol. The van der Waals surface area contributed by atoms with Crippen LogP contribution in [0.5, 0.6) is 0 Å². The van der Waals surface area contributed by atoms with E-state index in [-0.39, 0.29) is 36.1 Å². The smallest absolute Gasteiger partial charge is 0.363 e. The molecule has 226 valence electrons. The highest BCUT2D eigenvalue weighted by molar-refractivity contribution is 6.37. The molecule has 5 N–H and O–H groups in total. The van der Waals surface area contributed by atoms with Crippen molar-refractivity contribution in [2.24, 2.45) is 34.3 Å². The van der Waals surface area contributed by atoms with Crippen molar-refractivity contribution in [2.45, 2.75) is 104 Å². The highest BCUT2D eigenvalue weighted by atomic mass is 19.4. The molecule has 0 radical (unpaired) electrons. The van der Waals surface area contributed by atoms with Gasteiger partial charge in [0.2, 0.25) is 17.6 Å². The monoisotopic (exact) mass is 573 g/mol. The largest absolute Gasteiger partial charge is 0.411 e. The maximum Gasteiger partial charge on any atom is 0.411 e. The zero-order chi connectivity index (χ0) is 30.6. The molecule has 0 spiro atoms. The second kappa shape index (κ2) is 10.5. The van der Waals surface area contributed by atoms with Crippen LogP contribution in [0.2, 0.25) is 0 Å². The lowest BCUT2D eigenvalue weighted by Gasteiger charge is -2.38. The van der Waals surface area contributed by atoms with Gasteiger partial charge in [-0.1, -0.05) is 53.9 Å². The number of nitrogens with two attached hydrogens (primary N) is 1. The summed E-state index contributed by atoms with van der Waals surface area (Å²) in [6.45, 7) is 10.7. The zero-order valence-electron chi connectivity index (χ0n) is 24.2. The molecule has 2 saturated carbocycles. The normalized spacial score (nSPS) is 25.6. The van der Waals surface area contributed by atoms with Gasteiger partial charge >= 0.3 is 12.2 Å². The zero-order valence-corrected chi connectivity index (χ0v) is 24.2. The number of primary amides is 1. The first kappa shape index (κ1) is 31.7. The second-order valence-electron chi connectivity index (χ2n) is 13.7. The van der Waals surface area contributed by atoms with Crippen LogP contribution in [0.3, 0.4) is 0 Å². The van der Waals surface area contributed by atoms with Gasteiger partial charge < -0.3 is 26.6 Å². The Kier molecular flexibility index (Phi) is 8.33. The lowest BCUT2D eigenvalue weighted by Crippen LogP contribution is -2.64. The van der Waals surface area contributed by atoms with Crippen LogP contribution in [-0.2, 0) is 19.2 Å². The third kappa shape index (κ3) is 6.22. The van der Waals surface area contributed by atoms with Crippen LogP contribution in [0, 0.1) is 28.6 Å². The number of carbonyl (C=O) groups is 5. The van der Waals surface area contributed by atoms with E-state index in [1.54, 1.807) is 20.8 Å². The Morgan fingerprint density at radius 1 is 1.00 bits per heavy atom. The average Bonchev–Trinajstić information content (AvgIpc) is 3.10. The van der Waals surface area contributed by atoms with E-state index in [9.17, 15) is 37.1 Å². The van der Waals surface area contributed by atoms with Gasteiger partial charge in [0.25, 0.3) is 5.91 Å². The van der Waals surface area contributed by atoms with Crippen LogP contribution >= 0.6 is 0 Å². The number of ketones is 1. The first-order valence-corrected chi connectivity index (χ1v) is 13.7. The van der Waals surface area contributed by atoms with Crippen LogP contribution in [-0.4, -0.2) is 70.8 Å². The Bertz CT molecular complexity index is 1060. The highest BCUT2D eigenvalue weighted by Gasteiger charge is 2.70. The van der Waals surface area contributed by atoms with Gasteiger partial charge in [-0.05, 0) is 48.9 Å². The Morgan fingerprint density at radius 3 is 2.02 bits per heavy atom. The molecule has 0 aromatic carbocycles. The Hall–Kier alpha value is -2.86. The molecule has 0 aromatic rings. The van der Waals surface area contributed by atoms with Crippen molar-refractivity contribution < 1.29 is 37.1 Å². The van der Waals surface area contributed by atoms with Gasteiger partial charge in [0.05, 0.1) is 6.04 Å². The number of piperidine rings is 1. The summed E-state index contributed by atoms with van der Waals surface area (Å²) in [6, 6.07) is -4.53. The lowest BCUT2D eigenvalue weighted by molar-refractivity contribution is -0.182. The quantitative estimate of drug-likeness (QED) is 0.312. The fourth-order valence-corrected chi connectivity index (χ4v) is 5.87. The summed E-state index contributed by atoms with van der Waals surface area (Å²) in [5.41, 5.74) is 1.50. The van der Waals surface area contributed by atoms with Gasteiger partial charge in [0, 0.05) is 6.54 Å². The molecule has 0 bridgehead atoms. The molecular formula is C27H42F3N5O5. The number of nitrogens with zero attached hydrogens (tertiary/aromatic N) is 1.